The van der Waals surface area contributed by atoms with E-state index in [0.717, 1.165) is 42.3 Å². The number of aliphatic hydroxyl groups excluding tert-OH is 1. The molecule has 0 saturated carbocycles. The second kappa shape index (κ2) is 10.2. The fraction of sp³-hybridized carbons (Fsp3) is 0.286. The smallest absolute Gasteiger partial charge is 0.300 e. The number of likely N-dealkylation sites (N-methyl/N-ethyl adjacent to an activating group) is 1. The Kier molecular flexibility index (Phi) is 6.98. The summed E-state index contributed by atoms with van der Waals surface area (Å²) in [5, 5.41) is 13.7. The Balaban J connectivity index is 1.59. The number of hydrogen-bond donors (Lipinski definition) is 1. The maximum Gasteiger partial charge on any atom is 0.300 e. The first kappa shape index (κ1) is 25.3. The number of anilines is 2. The molecule has 192 valence electrons. The molecule has 5 rings (SSSR count). The Labute approximate surface area is 225 Å². The number of Topliss-reactive ketones (excluding diaryl/α,β-unsaturated/α-hetero) is 1. The molecule has 1 N–H and O–H groups in total. The quantitative estimate of drug-likeness (QED) is 0.277. The topological polar surface area (TPSA) is 73.3 Å². The van der Waals surface area contributed by atoms with Gasteiger partial charge in [-0.2, -0.15) is 0 Å². The fourth-order valence-corrected chi connectivity index (χ4v) is 6.14. The number of ketones is 1. The fourth-order valence-electron chi connectivity index (χ4n) is 4.96. The van der Waals surface area contributed by atoms with E-state index in [9.17, 15) is 14.7 Å². The number of piperazine rings is 1. The van der Waals surface area contributed by atoms with Gasteiger partial charge in [0, 0.05) is 42.4 Å². The number of rotatable bonds is 5. The molecule has 0 spiro atoms. The second-order valence-electron chi connectivity index (χ2n) is 9.32. The van der Waals surface area contributed by atoms with Crippen LogP contribution in [0.4, 0.5) is 11.4 Å². The summed E-state index contributed by atoms with van der Waals surface area (Å²) < 4.78 is 5.45. The minimum absolute atomic E-state index is 0.00978. The molecule has 9 heteroatoms. The highest BCUT2D eigenvalue weighted by Gasteiger charge is 2.47. The van der Waals surface area contributed by atoms with Gasteiger partial charge in [-0.15, -0.1) is 11.3 Å². The molecule has 0 aliphatic carbocycles. The summed E-state index contributed by atoms with van der Waals surface area (Å²) in [6.45, 7) is 5.66. The first-order valence-corrected chi connectivity index (χ1v) is 13.3. The number of nitrogens with zero attached hydrogens (tertiary/aromatic N) is 3. The normalized spacial score (nSPS) is 20.1. The maximum absolute atomic E-state index is 13.4. The van der Waals surface area contributed by atoms with Crippen LogP contribution < -0.4 is 14.5 Å². The summed E-state index contributed by atoms with van der Waals surface area (Å²) in [4.78, 5) is 33.7. The van der Waals surface area contributed by atoms with Crippen LogP contribution in [0.2, 0.25) is 5.02 Å². The lowest BCUT2D eigenvalue weighted by molar-refractivity contribution is -0.132. The van der Waals surface area contributed by atoms with Crippen molar-refractivity contribution < 1.29 is 19.4 Å². The van der Waals surface area contributed by atoms with Crippen LogP contribution in [-0.4, -0.2) is 62.0 Å². The van der Waals surface area contributed by atoms with Crippen LogP contribution in [-0.2, 0) is 9.59 Å². The highest BCUT2D eigenvalue weighted by Crippen LogP contribution is 2.45. The maximum atomic E-state index is 13.4. The van der Waals surface area contributed by atoms with Crippen molar-refractivity contribution in [3.8, 4) is 5.75 Å². The lowest BCUT2D eigenvalue weighted by Gasteiger charge is -2.34. The monoisotopic (exact) mass is 537 g/mol. The lowest BCUT2D eigenvalue weighted by Crippen LogP contribution is -2.44. The number of halogens is 1. The highest BCUT2D eigenvalue weighted by atomic mass is 35.5. The molecule has 0 radical (unpaired) electrons. The van der Waals surface area contributed by atoms with Crippen molar-refractivity contribution in [2.45, 2.75) is 13.0 Å². The number of thiophene rings is 1. The summed E-state index contributed by atoms with van der Waals surface area (Å²) in [5.74, 6) is -1.50. The molecule has 3 heterocycles. The first-order chi connectivity index (χ1) is 17.8. The van der Waals surface area contributed by atoms with Gasteiger partial charge < -0.3 is 19.6 Å². The minimum Gasteiger partial charge on any atom is -0.507 e. The van der Waals surface area contributed by atoms with E-state index in [2.05, 4.69) is 16.8 Å². The van der Waals surface area contributed by atoms with Crippen molar-refractivity contribution in [3.63, 3.8) is 0 Å². The van der Waals surface area contributed by atoms with Crippen LogP contribution in [0.3, 0.4) is 0 Å². The van der Waals surface area contributed by atoms with Crippen molar-refractivity contribution in [2.75, 3.05) is 50.1 Å². The van der Waals surface area contributed by atoms with Gasteiger partial charge in [0.05, 0.1) is 23.3 Å². The molecule has 1 atom stereocenters. The highest BCUT2D eigenvalue weighted by molar-refractivity contribution is 7.10. The zero-order valence-electron chi connectivity index (χ0n) is 20.9. The van der Waals surface area contributed by atoms with E-state index in [1.54, 1.807) is 12.1 Å². The van der Waals surface area contributed by atoms with E-state index < -0.39 is 17.7 Å². The zero-order valence-corrected chi connectivity index (χ0v) is 22.5. The molecule has 2 aliphatic rings. The summed E-state index contributed by atoms with van der Waals surface area (Å²) in [6.07, 6.45) is 0. The first-order valence-electron chi connectivity index (χ1n) is 12.0. The summed E-state index contributed by atoms with van der Waals surface area (Å²) in [6, 6.07) is 14.1. The number of aryl methyl sites for hydroxylation is 1. The van der Waals surface area contributed by atoms with Crippen molar-refractivity contribution in [2.24, 2.45) is 0 Å². The number of benzene rings is 2. The number of aliphatic hydroxyl groups is 1. The SMILES string of the molecule is COc1c(Cl)cc(C)cc1/C(O)=C1/C(=O)C(=O)N(c2ccc(N3CCN(C)CC3)cc2)C1c1cccs1. The molecule has 2 aliphatic heterocycles. The molecule has 1 aromatic heterocycles. The van der Waals surface area contributed by atoms with Gasteiger partial charge in [-0.05, 0) is 67.4 Å². The number of hydrogen-bond acceptors (Lipinski definition) is 7. The third-order valence-electron chi connectivity index (χ3n) is 6.90. The third-order valence-corrected chi connectivity index (χ3v) is 8.11. The van der Waals surface area contributed by atoms with Gasteiger partial charge in [0.2, 0.25) is 0 Å². The van der Waals surface area contributed by atoms with E-state index in [-0.39, 0.29) is 22.6 Å². The van der Waals surface area contributed by atoms with Crippen LogP contribution in [0.25, 0.3) is 5.76 Å². The van der Waals surface area contributed by atoms with Crippen LogP contribution in [0, 0.1) is 6.92 Å². The average molecular weight is 538 g/mol. The molecular formula is C28H28ClN3O4S. The van der Waals surface area contributed by atoms with Crippen LogP contribution in [0.15, 0.2) is 59.5 Å². The van der Waals surface area contributed by atoms with Gasteiger partial charge in [0.15, 0.2) is 0 Å². The molecule has 0 bridgehead atoms. The van der Waals surface area contributed by atoms with E-state index >= 15 is 0 Å². The van der Waals surface area contributed by atoms with Gasteiger partial charge in [-0.3, -0.25) is 14.5 Å². The molecule has 7 nitrogen and oxygen atoms in total. The molecule has 1 unspecified atom stereocenters. The summed E-state index contributed by atoms with van der Waals surface area (Å²) in [7, 11) is 3.56. The number of carbonyl (C=O) groups is 2. The van der Waals surface area contributed by atoms with Crippen LogP contribution in [0.5, 0.6) is 5.75 Å². The van der Waals surface area contributed by atoms with Crippen LogP contribution in [0.1, 0.15) is 22.0 Å². The van der Waals surface area contributed by atoms with E-state index in [1.807, 2.05) is 48.7 Å². The Hall–Kier alpha value is -3.33. The standard InChI is InChI=1S/C28H28ClN3O4S/c1-17-15-20(27(36-3)21(29)16-17)25(33)23-24(22-5-4-14-37-22)32(28(35)26(23)34)19-8-6-18(7-9-19)31-12-10-30(2)11-13-31/h4-9,14-16,24,33H,10-13H2,1-3H3/b25-23-. The molecule has 2 aromatic carbocycles. The molecule has 2 saturated heterocycles. The largest absolute Gasteiger partial charge is 0.507 e. The Bertz CT molecular complexity index is 1360. The lowest BCUT2D eigenvalue weighted by atomic mass is 9.98. The van der Waals surface area contributed by atoms with Gasteiger partial charge in [0.25, 0.3) is 11.7 Å². The number of ether oxygens (including phenoxy) is 1. The molecule has 3 aromatic rings. The Morgan fingerprint density at radius 2 is 1.73 bits per heavy atom. The number of carbonyl (C=O) groups excluding carboxylic acids is 2. The molecule has 37 heavy (non-hydrogen) atoms. The summed E-state index contributed by atoms with van der Waals surface area (Å²) in [5.41, 5.74) is 2.73. The van der Waals surface area contributed by atoms with E-state index in [1.165, 1.54) is 23.3 Å². The third kappa shape index (κ3) is 4.61. The minimum atomic E-state index is -0.779. The van der Waals surface area contributed by atoms with Gasteiger partial charge in [-0.25, -0.2) is 0 Å². The van der Waals surface area contributed by atoms with E-state index in [0.29, 0.717) is 10.7 Å². The number of amides is 1. The predicted octanol–water partition coefficient (Wildman–Crippen LogP) is 5.10. The van der Waals surface area contributed by atoms with Crippen molar-refractivity contribution in [1.29, 1.82) is 0 Å². The average Bonchev–Trinajstić information content (AvgIpc) is 3.51. The van der Waals surface area contributed by atoms with Crippen molar-refractivity contribution in [3.05, 3.63) is 80.5 Å². The zero-order chi connectivity index (χ0) is 26.3. The van der Waals surface area contributed by atoms with Gasteiger partial charge in [0.1, 0.15) is 17.6 Å². The molecule has 1 amide bonds. The molecular weight excluding hydrogens is 510 g/mol. The van der Waals surface area contributed by atoms with Crippen LogP contribution >= 0.6 is 22.9 Å². The second-order valence-corrected chi connectivity index (χ2v) is 10.7. The van der Waals surface area contributed by atoms with Crippen molar-refractivity contribution >= 4 is 51.8 Å². The van der Waals surface area contributed by atoms with E-state index in [4.69, 9.17) is 16.3 Å². The van der Waals surface area contributed by atoms with Gasteiger partial charge >= 0.3 is 0 Å². The number of methoxy groups -OCH3 is 1. The Morgan fingerprint density at radius 1 is 1.05 bits per heavy atom. The Morgan fingerprint density at radius 3 is 2.35 bits per heavy atom. The molecule has 2 fully saturated rings. The van der Waals surface area contributed by atoms with Crippen molar-refractivity contribution in [1.82, 2.24) is 4.90 Å². The predicted molar refractivity (Wildman–Crippen MR) is 148 cm³/mol. The van der Waals surface area contributed by atoms with Gasteiger partial charge in [-0.1, -0.05) is 17.7 Å². The summed E-state index contributed by atoms with van der Waals surface area (Å²) >= 11 is 7.79.